The van der Waals surface area contributed by atoms with Crippen LogP contribution >= 0.6 is 15.9 Å². The highest BCUT2D eigenvalue weighted by Gasteiger charge is 2.13. The van der Waals surface area contributed by atoms with Crippen LogP contribution < -0.4 is 0 Å². The van der Waals surface area contributed by atoms with Gasteiger partial charge in [-0.05, 0) is 11.1 Å². The van der Waals surface area contributed by atoms with Crippen LogP contribution in [0.2, 0.25) is 0 Å². The fourth-order valence-corrected chi connectivity index (χ4v) is 0.519. The largest absolute Gasteiger partial charge is 0.477 e. The molecule has 0 aromatic heterocycles. The topological polar surface area (TPSA) is 74.6 Å². The van der Waals surface area contributed by atoms with Crippen LogP contribution in [-0.4, -0.2) is 22.2 Å². The van der Waals surface area contributed by atoms with Gasteiger partial charge >= 0.3 is 11.9 Å². The van der Waals surface area contributed by atoms with Crippen molar-refractivity contribution in [2.75, 3.05) is 0 Å². The average Bonchev–Trinajstić information content (AvgIpc) is 1.87. The monoisotopic (exact) mass is 220 g/mol. The van der Waals surface area contributed by atoms with Crippen LogP contribution in [0.5, 0.6) is 0 Å². The van der Waals surface area contributed by atoms with Crippen LogP contribution in [0, 0.1) is 0 Å². The van der Waals surface area contributed by atoms with Gasteiger partial charge in [-0.1, -0.05) is 22.0 Å². The zero-order valence-electron chi connectivity index (χ0n) is 5.32. The number of hydrogen-bond acceptors (Lipinski definition) is 2. The number of hydrogen-bond donors (Lipinski definition) is 2. The van der Waals surface area contributed by atoms with Gasteiger partial charge in [0.05, 0.1) is 0 Å². The number of halogens is 1. The van der Waals surface area contributed by atoms with Gasteiger partial charge in [0, 0.05) is 0 Å². The number of carboxylic acid groups (broad SMARTS) is 2. The van der Waals surface area contributed by atoms with Crippen LogP contribution in [0.1, 0.15) is 0 Å². The van der Waals surface area contributed by atoms with Gasteiger partial charge in [0.2, 0.25) is 0 Å². The third-order valence-corrected chi connectivity index (χ3v) is 1.10. The van der Waals surface area contributed by atoms with Gasteiger partial charge in [0.15, 0.2) is 0 Å². The normalized spacial score (nSPS) is 9.55. The van der Waals surface area contributed by atoms with Gasteiger partial charge < -0.3 is 10.2 Å². The van der Waals surface area contributed by atoms with Gasteiger partial charge in [-0.2, -0.15) is 0 Å². The molecule has 0 aliphatic rings. The van der Waals surface area contributed by atoms with E-state index in [0.717, 1.165) is 6.08 Å². The van der Waals surface area contributed by atoms with E-state index in [1.54, 1.807) is 0 Å². The van der Waals surface area contributed by atoms with Crippen LogP contribution in [0.15, 0.2) is 22.7 Å². The summed E-state index contributed by atoms with van der Waals surface area (Å²) in [4.78, 5) is 21.7. The predicted molar refractivity (Wildman–Crippen MR) is 41.4 cm³/mol. The smallest absolute Gasteiger partial charge is 0.343 e. The Labute approximate surface area is 71.0 Å². The highest BCUT2D eigenvalue weighted by Crippen LogP contribution is 1.96. The molecular formula is C6H5BrO4. The van der Waals surface area contributed by atoms with E-state index in [1.807, 2.05) is 0 Å². The summed E-state index contributed by atoms with van der Waals surface area (Å²) in [5, 5.41) is 16.5. The van der Waals surface area contributed by atoms with Crippen molar-refractivity contribution >= 4 is 27.9 Å². The lowest BCUT2D eigenvalue weighted by Crippen LogP contribution is -2.10. The number of carbonyl (C=O) groups is 2. The van der Waals surface area contributed by atoms with Crippen molar-refractivity contribution in [2.45, 2.75) is 0 Å². The first-order valence-electron chi connectivity index (χ1n) is 2.53. The number of carboxylic acids is 2. The minimum absolute atomic E-state index is 0.666. The van der Waals surface area contributed by atoms with E-state index in [0.29, 0.717) is 0 Å². The molecule has 0 rings (SSSR count). The molecule has 60 valence electrons. The Balaban J connectivity index is 4.60. The molecule has 0 aromatic rings. The van der Waals surface area contributed by atoms with Crippen LogP contribution in [-0.2, 0) is 9.59 Å². The number of allylic oxidation sites excluding steroid dienone is 2. The van der Waals surface area contributed by atoms with Crippen molar-refractivity contribution in [3.8, 4) is 0 Å². The minimum Gasteiger partial charge on any atom is -0.477 e. The number of aliphatic carboxylic acids is 2. The fourth-order valence-electron chi connectivity index (χ4n) is 0.367. The molecule has 5 heteroatoms. The van der Waals surface area contributed by atoms with E-state index >= 15 is 0 Å². The van der Waals surface area contributed by atoms with Gasteiger partial charge in [-0.15, -0.1) is 0 Å². The second-order valence-electron chi connectivity index (χ2n) is 1.51. The van der Waals surface area contributed by atoms with Crippen molar-refractivity contribution in [1.82, 2.24) is 0 Å². The van der Waals surface area contributed by atoms with Crippen LogP contribution in [0.3, 0.4) is 0 Å². The lowest BCUT2D eigenvalue weighted by molar-refractivity contribution is -0.140. The summed E-state index contributed by atoms with van der Waals surface area (Å²) in [6.45, 7) is 0. The fraction of sp³-hybridized carbons (Fsp3) is 0. The Hall–Kier alpha value is -1.10. The molecule has 2 N–H and O–H groups in total. The molecule has 0 saturated carbocycles. The van der Waals surface area contributed by atoms with Crippen molar-refractivity contribution in [3.63, 3.8) is 0 Å². The molecule has 0 saturated heterocycles. The summed E-state index contributed by atoms with van der Waals surface area (Å²) in [5.74, 6) is -2.91. The Morgan fingerprint density at radius 1 is 1.18 bits per heavy atom. The highest BCUT2D eigenvalue weighted by molar-refractivity contribution is 9.11. The summed E-state index contributed by atoms with van der Waals surface area (Å²) in [5.41, 5.74) is -0.666. The van der Waals surface area contributed by atoms with Crippen LogP contribution in [0.4, 0.5) is 0 Å². The maximum absolute atomic E-state index is 10.1. The van der Waals surface area contributed by atoms with E-state index in [-0.39, 0.29) is 0 Å². The molecule has 0 radical (unpaired) electrons. The summed E-state index contributed by atoms with van der Waals surface area (Å²) in [6.07, 6.45) is 2.26. The SMILES string of the molecule is O=C(O)C(=CC=CBr)C(=O)O. The maximum Gasteiger partial charge on any atom is 0.343 e. The van der Waals surface area contributed by atoms with Gasteiger partial charge in [0.1, 0.15) is 5.57 Å². The molecule has 0 atom stereocenters. The van der Waals surface area contributed by atoms with E-state index in [1.165, 1.54) is 11.1 Å². The predicted octanol–water partition coefficient (Wildman–Crippen LogP) is 0.991. The van der Waals surface area contributed by atoms with Crippen molar-refractivity contribution < 1.29 is 19.8 Å². The molecule has 0 fully saturated rings. The second kappa shape index (κ2) is 4.68. The molecule has 11 heavy (non-hydrogen) atoms. The lowest BCUT2D eigenvalue weighted by Gasteiger charge is -1.90. The molecule has 0 aliphatic heterocycles. The minimum atomic E-state index is -1.46. The first kappa shape index (κ1) is 9.90. The molecular weight excluding hydrogens is 216 g/mol. The summed E-state index contributed by atoms with van der Waals surface area (Å²) >= 11 is 2.87. The summed E-state index contributed by atoms with van der Waals surface area (Å²) < 4.78 is 0. The summed E-state index contributed by atoms with van der Waals surface area (Å²) in [7, 11) is 0. The van der Waals surface area contributed by atoms with E-state index in [9.17, 15) is 9.59 Å². The van der Waals surface area contributed by atoms with Crippen LogP contribution in [0.25, 0.3) is 0 Å². The molecule has 0 aromatic carbocycles. The standard InChI is InChI=1S/C6H5BrO4/c7-3-1-2-4(5(8)9)6(10)11/h1-3H,(H,8,9)(H,10,11). The van der Waals surface area contributed by atoms with E-state index < -0.39 is 17.5 Å². The van der Waals surface area contributed by atoms with E-state index in [4.69, 9.17) is 10.2 Å². The first-order chi connectivity index (χ1) is 5.09. The van der Waals surface area contributed by atoms with Gasteiger partial charge in [-0.3, -0.25) is 0 Å². The summed E-state index contributed by atoms with van der Waals surface area (Å²) in [6, 6.07) is 0. The Morgan fingerprint density at radius 3 is 1.91 bits per heavy atom. The maximum atomic E-state index is 10.1. The zero-order valence-corrected chi connectivity index (χ0v) is 6.91. The molecule has 0 aliphatic carbocycles. The first-order valence-corrected chi connectivity index (χ1v) is 3.44. The second-order valence-corrected chi connectivity index (χ2v) is 2.04. The van der Waals surface area contributed by atoms with Gasteiger partial charge in [-0.25, -0.2) is 9.59 Å². The highest BCUT2D eigenvalue weighted by atomic mass is 79.9. The third-order valence-electron chi connectivity index (χ3n) is 0.796. The molecule has 0 unspecified atom stereocenters. The lowest BCUT2D eigenvalue weighted by atomic mass is 10.2. The molecule has 0 amide bonds. The quantitative estimate of drug-likeness (QED) is 0.322. The van der Waals surface area contributed by atoms with Crippen molar-refractivity contribution in [2.24, 2.45) is 0 Å². The van der Waals surface area contributed by atoms with Gasteiger partial charge in [0.25, 0.3) is 0 Å². The van der Waals surface area contributed by atoms with Crippen molar-refractivity contribution in [1.29, 1.82) is 0 Å². The Kier molecular flexibility index (Phi) is 4.21. The molecule has 0 heterocycles. The molecule has 0 bridgehead atoms. The number of rotatable bonds is 3. The third kappa shape index (κ3) is 3.57. The van der Waals surface area contributed by atoms with Crippen molar-refractivity contribution in [3.05, 3.63) is 22.7 Å². The molecule has 4 nitrogen and oxygen atoms in total. The molecule has 0 spiro atoms. The van der Waals surface area contributed by atoms with E-state index in [2.05, 4.69) is 15.9 Å². The average molecular weight is 221 g/mol. The Bertz CT molecular complexity index is 213. The Morgan fingerprint density at radius 2 is 1.64 bits per heavy atom. The zero-order chi connectivity index (χ0) is 8.85.